The first-order valence-electron chi connectivity index (χ1n) is 5.57. The largest absolute Gasteiger partial charge is 0.454 e. The summed E-state index contributed by atoms with van der Waals surface area (Å²) in [6, 6.07) is 0. The van der Waals surface area contributed by atoms with Gasteiger partial charge in [-0.3, -0.25) is 9.59 Å². The molecule has 0 rings (SSSR count). The van der Waals surface area contributed by atoms with Gasteiger partial charge in [-0.15, -0.1) is 0 Å². The van der Waals surface area contributed by atoms with Crippen LogP contribution in [0.25, 0.3) is 0 Å². The maximum absolute atomic E-state index is 11.8. The average molecular weight is 318 g/mol. The molecule has 4 nitrogen and oxygen atoms in total. The molecule has 0 aromatic carbocycles. The minimum Gasteiger partial charge on any atom is -0.391 e. The van der Waals surface area contributed by atoms with E-state index in [-0.39, 0.29) is 13.1 Å². The molecule has 0 amide bonds. The highest BCUT2D eigenvalue weighted by atomic mass is 19.4. The van der Waals surface area contributed by atoms with Gasteiger partial charge in [0.05, 0.1) is 0 Å². The molecular weight excluding hydrogens is 306 g/mol. The molecule has 0 aromatic rings. The molecule has 0 fully saturated rings. The van der Waals surface area contributed by atoms with Crippen LogP contribution in [0.5, 0.6) is 0 Å². The first kappa shape index (κ1) is 19.0. The number of carbonyl (C=O) groups is 2. The quantitative estimate of drug-likeness (QED) is 0.407. The lowest BCUT2D eigenvalue weighted by atomic mass is 10.3. The van der Waals surface area contributed by atoms with Crippen molar-refractivity contribution in [3.05, 3.63) is 24.6 Å². The molecule has 0 saturated carbocycles. The first-order chi connectivity index (χ1) is 9.55. The fraction of sp³-hybridized carbons (Fsp3) is 0.455. The Morgan fingerprint density at radius 1 is 0.762 bits per heavy atom. The highest BCUT2D eigenvalue weighted by molar-refractivity contribution is 5.94. The Kier molecular flexibility index (Phi) is 7.53. The summed E-state index contributed by atoms with van der Waals surface area (Å²) in [6.45, 7) is 0.380. The summed E-state index contributed by atoms with van der Waals surface area (Å²) in [7, 11) is 0. The van der Waals surface area contributed by atoms with Gasteiger partial charge in [0, 0.05) is 37.6 Å². The molecule has 21 heavy (non-hydrogen) atoms. The van der Waals surface area contributed by atoms with E-state index in [9.17, 15) is 35.9 Å². The van der Waals surface area contributed by atoms with E-state index in [4.69, 9.17) is 0 Å². The van der Waals surface area contributed by atoms with E-state index in [0.717, 1.165) is 12.4 Å². The highest BCUT2D eigenvalue weighted by Gasteiger charge is 2.36. The SMILES string of the molecule is O=C(C=CNCCCNC=CC(=O)C(F)(F)F)C(F)(F)F. The lowest BCUT2D eigenvalue weighted by Gasteiger charge is -2.03. The van der Waals surface area contributed by atoms with E-state index < -0.39 is 23.9 Å². The Morgan fingerprint density at radius 2 is 1.10 bits per heavy atom. The lowest BCUT2D eigenvalue weighted by Crippen LogP contribution is -2.22. The zero-order chi connectivity index (χ0) is 16.5. The van der Waals surface area contributed by atoms with Gasteiger partial charge >= 0.3 is 12.4 Å². The van der Waals surface area contributed by atoms with Crippen LogP contribution in [0.15, 0.2) is 24.6 Å². The first-order valence-corrected chi connectivity index (χ1v) is 5.57. The predicted octanol–water partition coefficient (Wildman–Crippen LogP) is 1.85. The number of carbonyl (C=O) groups excluding carboxylic acids is 2. The van der Waals surface area contributed by atoms with Crippen molar-refractivity contribution >= 4 is 11.6 Å². The van der Waals surface area contributed by atoms with Gasteiger partial charge in [0.1, 0.15) is 0 Å². The van der Waals surface area contributed by atoms with Crippen molar-refractivity contribution in [3.8, 4) is 0 Å². The van der Waals surface area contributed by atoms with Crippen LogP contribution in [0.2, 0.25) is 0 Å². The lowest BCUT2D eigenvalue weighted by molar-refractivity contribution is -0.165. The molecule has 0 bridgehead atoms. The maximum Gasteiger partial charge on any atom is 0.454 e. The number of nitrogens with one attached hydrogen (secondary N) is 2. The topological polar surface area (TPSA) is 58.2 Å². The van der Waals surface area contributed by atoms with Crippen LogP contribution in [0.4, 0.5) is 26.3 Å². The second kappa shape index (κ2) is 8.32. The summed E-state index contributed by atoms with van der Waals surface area (Å²) in [4.78, 5) is 20.8. The number of hydrogen-bond acceptors (Lipinski definition) is 4. The van der Waals surface area contributed by atoms with Crippen LogP contribution >= 0.6 is 0 Å². The van der Waals surface area contributed by atoms with Gasteiger partial charge in [-0.1, -0.05) is 0 Å². The van der Waals surface area contributed by atoms with E-state index in [2.05, 4.69) is 10.6 Å². The minimum absolute atomic E-state index is 0.190. The van der Waals surface area contributed by atoms with Gasteiger partial charge in [0.15, 0.2) is 0 Å². The van der Waals surface area contributed by atoms with E-state index in [1.54, 1.807) is 0 Å². The van der Waals surface area contributed by atoms with Gasteiger partial charge in [0.25, 0.3) is 11.6 Å². The fourth-order valence-corrected chi connectivity index (χ4v) is 0.917. The normalized spacial score (nSPS) is 12.9. The number of rotatable bonds is 8. The van der Waals surface area contributed by atoms with Gasteiger partial charge in [0.2, 0.25) is 0 Å². The van der Waals surface area contributed by atoms with Gasteiger partial charge in [-0.2, -0.15) is 26.3 Å². The summed E-state index contributed by atoms with van der Waals surface area (Å²) >= 11 is 0. The number of hydrogen-bond donors (Lipinski definition) is 2. The molecule has 0 aliphatic rings. The Hall–Kier alpha value is -2.00. The fourth-order valence-electron chi connectivity index (χ4n) is 0.917. The third-order valence-corrected chi connectivity index (χ3v) is 1.91. The van der Waals surface area contributed by atoms with Gasteiger partial charge < -0.3 is 10.6 Å². The van der Waals surface area contributed by atoms with Crippen LogP contribution in [-0.4, -0.2) is 37.0 Å². The average Bonchev–Trinajstić information content (AvgIpc) is 2.33. The number of halogens is 6. The van der Waals surface area contributed by atoms with Crippen molar-refractivity contribution < 1.29 is 35.9 Å². The van der Waals surface area contributed by atoms with Crippen molar-refractivity contribution in [2.45, 2.75) is 18.8 Å². The maximum atomic E-state index is 11.8. The third-order valence-electron chi connectivity index (χ3n) is 1.91. The summed E-state index contributed by atoms with van der Waals surface area (Å²) in [6.07, 6.45) is -7.18. The van der Waals surface area contributed by atoms with Crippen molar-refractivity contribution in [2.24, 2.45) is 0 Å². The Labute approximate surface area is 115 Å². The molecule has 0 saturated heterocycles. The van der Waals surface area contributed by atoms with Crippen LogP contribution in [0.3, 0.4) is 0 Å². The third kappa shape index (κ3) is 9.52. The second-order valence-corrected chi connectivity index (χ2v) is 3.65. The van der Waals surface area contributed by atoms with Crippen molar-refractivity contribution in [1.82, 2.24) is 10.6 Å². The van der Waals surface area contributed by atoms with E-state index in [1.165, 1.54) is 0 Å². The number of allylic oxidation sites excluding steroid dienone is 2. The van der Waals surface area contributed by atoms with E-state index in [0.29, 0.717) is 18.6 Å². The highest BCUT2D eigenvalue weighted by Crippen LogP contribution is 2.16. The number of ketones is 2. The van der Waals surface area contributed by atoms with E-state index >= 15 is 0 Å². The van der Waals surface area contributed by atoms with Crippen LogP contribution in [-0.2, 0) is 9.59 Å². The van der Waals surface area contributed by atoms with Crippen LogP contribution < -0.4 is 10.6 Å². The molecule has 2 N–H and O–H groups in total. The van der Waals surface area contributed by atoms with Gasteiger partial charge in [-0.25, -0.2) is 0 Å². The zero-order valence-electron chi connectivity index (χ0n) is 10.5. The number of alkyl halides is 6. The van der Waals surface area contributed by atoms with Crippen LogP contribution in [0, 0.1) is 0 Å². The van der Waals surface area contributed by atoms with Crippen molar-refractivity contribution in [2.75, 3.05) is 13.1 Å². The van der Waals surface area contributed by atoms with Crippen LogP contribution in [0.1, 0.15) is 6.42 Å². The zero-order valence-corrected chi connectivity index (χ0v) is 10.5. The minimum atomic E-state index is -4.92. The van der Waals surface area contributed by atoms with Crippen molar-refractivity contribution in [3.63, 3.8) is 0 Å². The molecule has 0 spiro atoms. The molecule has 0 aliphatic carbocycles. The predicted molar refractivity (Wildman–Crippen MR) is 61.0 cm³/mol. The molecule has 0 aliphatic heterocycles. The Balaban J connectivity index is 3.71. The standard InChI is InChI=1S/C11H12F6N2O2/c12-10(13,14)8(20)2-6-18-4-1-5-19-7-3-9(21)11(15,16)17/h2-3,6-7,18-19H,1,4-5H2. The summed E-state index contributed by atoms with van der Waals surface area (Å²) < 4.78 is 70.6. The summed E-state index contributed by atoms with van der Waals surface area (Å²) in [5.74, 6) is -4.00. The molecule has 0 atom stereocenters. The Morgan fingerprint density at radius 3 is 1.38 bits per heavy atom. The molecule has 0 aromatic heterocycles. The molecular formula is C11H12F6N2O2. The molecule has 0 heterocycles. The molecule has 10 heteroatoms. The smallest absolute Gasteiger partial charge is 0.391 e. The molecule has 120 valence electrons. The van der Waals surface area contributed by atoms with E-state index in [1.807, 2.05) is 0 Å². The summed E-state index contributed by atoms with van der Waals surface area (Å²) in [5, 5.41) is 4.80. The summed E-state index contributed by atoms with van der Waals surface area (Å²) in [5.41, 5.74) is 0. The molecule has 0 radical (unpaired) electrons. The van der Waals surface area contributed by atoms with Crippen molar-refractivity contribution in [1.29, 1.82) is 0 Å². The van der Waals surface area contributed by atoms with Gasteiger partial charge in [-0.05, 0) is 6.42 Å². The molecule has 0 unspecified atom stereocenters. The Bertz CT molecular complexity index is 374. The monoisotopic (exact) mass is 318 g/mol. The second-order valence-electron chi connectivity index (χ2n) is 3.65.